The van der Waals surface area contributed by atoms with E-state index < -0.39 is 14.5 Å². The highest BCUT2D eigenvalue weighted by Gasteiger charge is 2.33. The van der Waals surface area contributed by atoms with Crippen LogP contribution >= 0.6 is 0 Å². The van der Waals surface area contributed by atoms with Gasteiger partial charge in [-0.15, -0.1) is 0 Å². The van der Waals surface area contributed by atoms with E-state index in [1.54, 1.807) is 0 Å². The van der Waals surface area contributed by atoms with Crippen LogP contribution < -0.4 is 0 Å². The van der Waals surface area contributed by atoms with E-state index >= 15 is 0 Å². The highest BCUT2D eigenvalue weighted by atomic mass is 28.4. The number of carbonyl (C=O) groups is 1. The summed E-state index contributed by atoms with van der Waals surface area (Å²) in [6.45, 7) is 8.37. The van der Waals surface area contributed by atoms with Crippen LogP contribution in [0.1, 0.15) is 71.6 Å². The standard InChI is InChI=1S/C15H32O3Si/c1-5-6-7-8-9-10-11-12-13-14(2)19(3,4)18-15(16)17/h14H,5-13H2,1-4H3,(H,16,17). The number of rotatable bonds is 11. The van der Waals surface area contributed by atoms with Crippen LogP contribution in [0.2, 0.25) is 18.6 Å². The quantitative estimate of drug-likeness (QED) is 0.385. The van der Waals surface area contributed by atoms with Crippen LogP contribution in [0.4, 0.5) is 4.79 Å². The molecule has 0 saturated heterocycles. The summed E-state index contributed by atoms with van der Waals surface area (Å²) in [7, 11) is -2.06. The molecule has 1 N–H and O–H groups in total. The molecule has 0 aliphatic heterocycles. The van der Waals surface area contributed by atoms with Crippen molar-refractivity contribution in [2.75, 3.05) is 0 Å². The van der Waals surface area contributed by atoms with Crippen LogP contribution in [0.3, 0.4) is 0 Å². The molecule has 0 amide bonds. The summed E-state index contributed by atoms with van der Waals surface area (Å²) >= 11 is 0. The number of unbranched alkanes of at least 4 members (excludes halogenated alkanes) is 7. The van der Waals surface area contributed by atoms with Gasteiger partial charge in [-0.1, -0.05) is 65.2 Å². The molecule has 0 aliphatic rings. The summed E-state index contributed by atoms with van der Waals surface area (Å²) in [5, 5.41) is 8.72. The van der Waals surface area contributed by atoms with E-state index in [2.05, 4.69) is 13.8 Å². The van der Waals surface area contributed by atoms with Crippen LogP contribution in [0.5, 0.6) is 0 Å². The third kappa shape index (κ3) is 9.99. The van der Waals surface area contributed by atoms with Crippen LogP contribution in [-0.4, -0.2) is 19.6 Å². The van der Waals surface area contributed by atoms with Crippen molar-refractivity contribution in [2.45, 2.75) is 90.3 Å². The van der Waals surface area contributed by atoms with Crippen molar-refractivity contribution in [1.82, 2.24) is 0 Å². The van der Waals surface area contributed by atoms with E-state index in [9.17, 15) is 4.79 Å². The van der Waals surface area contributed by atoms with Crippen LogP contribution in [-0.2, 0) is 4.43 Å². The minimum atomic E-state index is -2.06. The minimum Gasteiger partial charge on any atom is -0.489 e. The van der Waals surface area contributed by atoms with Crippen LogP contribution in [0.15, 0.2) is 0 Å². The Kier molecular flexibility index (Phi) is 10.0. The Morgan fingerprint density at radius 2 is 1.53 bits per heavy atom. The van der Waals surface area contributed by atoms with Crippen molar-refractivity contribution < 1.29 is 14.3 Å². The topological polar surface area (TPSA) is 46.5 Å². The lowest BCUT2D eigenvalue weighted by molar-refractivity contribution is 0.140. The normalized spacial score (nSPS) is 13.3. The summed E-state index contributed by atoms with van der Waals surface area (Å²) in [6, 6.07) is 0. The predicted molar refractivity (Wildman–Crippen MR) is 83.2 cm³/mol. The summed E-state index contributed by atoms with van der Waals surface area (Å²) in [5.41, 5.74) is 0.406. The summed E-state index contributed by atoms with van der Waals surface area (Å²) < 4.78 is 5.08. The third-order valence-corrected chi connectivity index (χ3v) is 7.39. The molecule has 3 nitrogen and oxygen atoms in total. The summed E-state index contributed by atoms with van der Waals surface area (Å²) in [4.78, 5) is 10.6. The molecule has 0 rings (SSSR count). The molecule has 1 atom stereocenters. The van der Waals surface area contributed by atoms with Crippen LogP contribution in [0.25, 0.3) is 0 Å². The molecule has 0 heterocycles. The second kappa shape index (κ2) is 10.3. The smallest absolute Gasteiger partial charge is 0.489 e. The molecule has 0 radical (unpaired) electrons. The average molecular weight is 289 g/mol. The van der Waals surface area contributed by atoms with Gasteiger partial charge in [-0.05, 0) is 25.1 Å². The molecule has 0 aromatic heterocycles. The molecule has 0 aliphatic carbocycles. The SMILES string of the molecule is CCCCCCCCCCC(C)[Si](C)(C)OC(=O)O. The Hall–Kier alpha value is -0.513. The summed E-state index contributed by atoms with van der Waals surface area (Å²) in [5.74, 6) is 0. The van der Waals surface area contributed by atoms with Gasteiger partial charge in [-0.25, -0.2) is 4.79 Å². The van der Waals surface area contributed by atoms with Gasteiger partial charge in [0.15, 0.2) is 0 Å². The highest BCUT2D eigenvalue weighted by Crippen LogP contribution is 2.28. The lowest BCUT2D eigenvalue weighted by Gasteiger charge is -2.27. The molecular formula is C15H32O3Si. The molecule has 1 unspecified atom stereocenters. The van der Waals surface area contributed by atoms with Crippen molar-refractivity contribution in [3.63, 3.8) is 0 Å². The maximum absolute atomic E-state index is 10.6. The second-order valence-electron chi connectivity index (χ2n) is 6.14. The Morgan fingerprint density at radius 3 is 2.00 bits per heavy atom. The fraction of sp³-hybridized carbons (Fsp3) is 0.933. The van der Waals surface area contributed by atoms with Crippen molar-refractivity contribution in [1.29, 1.82) is 0 Å². The van der Waals surface area contributed by atoms with Gasteiger partial charge < -0.3 is 9.53 Å². The maximum Gasteiger partial charge on any atom is 0.491 e. The number of carboxylic acid groups (broad SMARTS) is 1. The first-order chi connectivity index (χ1) is 8.90. The Balaban J connectivity index is 3.57. The van der Waals surface area contributed by atoms with Gasteiger partial charge in [0.05, 0.1) is 0 Å². The minimum absolute atomic E-state index is 0.406. The van der Waals surface area contributed by atoms with Crippen molar-refractivity contribution in [3.8, 4) is 0 Å². The van der Waals surface area contributed by atoms with E-state index in [0.717, 1.165) is 6.42 Å². The highest BCUT2D eigenvalue weighted by molar-refractivity contribution is 6.73. The first kappa shape index (κ1) is 18.5. The number of hydrogen-bond acceptors (Lipinski definition) is 2. The molecule has 0 fully saturated rings. The predicted octanol–water partition coefficient (Wildman–Crippen LogP) is 5.81. The maximum atomic E-state index is 10.6. The molecule has 4 heteroatoms. The molecule has 0 spiro atoms. The molecule has 114 valence electrons. The molecular weight excluding hydrogens is 256 g/mol. The molecule has 0 saturated carbocycles. The molecule has 0 aromatic rings. The summed E-state index contributed by atoms with van der Waals surface area (Å²) in [6.07, 6.45) is 10.5. The Morgan fingerprint density at radius 1 is 1.05 bits per heavy atom. The Labute approximate surface area is 119 Å². The monoisotopic (exact) mass is 288 g/mol. The van der Waals surface area contributed by atoms with Gasteiger partial charge >= 0.3 is 6.16 Å². The van der Waals surface area contributed by atoms with Gasteiger partial charge in [0.1, 0.15) is 0 Å². The largest absolute Gasteiger partial charge is 0.491 e. The van der Waals surface area contributed by atoms with Crippen molar-refractivity contribution in [2.24, 2.45) is 0 Å². The van der Waals surface area contributed by atoms with Crippen molar-refractivity contribution in [3.05, 3.63) is 0 Å². The van der Waals surface area contributed by atoms with E-state index in [0.29, 0.717) is 5.54 Å². The first-order valence-corrected chi connectivity index (χ1v) is 10.8. The average Bonchev–Trinajstić information content (AvgIpc) is 2.30. The molecule has 0 bridgehead atoms. The zero-order valence-corrected chi connectivity index (χ0v) is 14.2. The van der Waals surface area contributed by atoms with E-state index in [1.807, 2.05) is 13.1 Å². The molecule has 19 heavy (non-hydrogen) atoms. The fourth-order valence-corrected chi connectivity index (χ4v) is 3.81. The zero-order valence-electron chi connectivity index (χ0n) is 13.2. The Bertz CT molecular complexity index is 242. The lowest BCUT2D eigenvalue weighted by atomic mass is 10.1. The van der Waals surface area contributed by atoms with E-state index in [4.69, 9.17) is 9.53 Å². The van der Waals surface area contributed by atoms with Gasteiger partial charge in [0.2, 0.25) is 0 Å². The number of hydrogen-bond donors (Lipinski definition) is 1. The van der Waals surface area contributed by atoms with Crippen LogP contribution in [0, 0.1) is 0 Å². The van der Waals surface area contributed by atoms with Gasteiger partial charge in [0, 0.05) is 0 Å². The zero-order chi connectivity index (χ0) is 14.7. The van der Waals surface area contributed by atoms with Gasteiger partial charge in [-0.3, -0.25) is 0 Å². The van der Waals surface area contributed by atoms with E-state index in [1.165, 1.54) is 51.4 Å². The molecule has 0 aromatic carbocycles. The van der Waals surface area contributed by atoms with Crippen molar-refractivity contribution >= 4 is 14.5 Å². The van der Waals surface area contributed by atoms with Gasteiger partial charge in [-0.2, -0.15) is 0 Å². The first-order valence-electron chi connectivity index (χ1n) is 7.82. The van der Waals surface area contributed by atoms with Gasteiger partial charge in [0.25, 0.3) is 8.32 Å². The third-order valence-electron chi connectivity index (χ3n) is 4.03. The lowest BCUT2D eigenvalue weighted by Crippen LogP contribution is -2.37. The second-order valence-corrected chi connectivity index (χ2v) is 10.5. The van der Waals surface area contributed by atoms with E-state index in [-0.39, 0.29) is 0 Å². The fourth-order valence-electron chi connectivity index (χ4n) is 2.26.